The van der Waals surface area contributed by atoms with Crippen molar-refractivity contribution >= 4 is 29.8 Å². The molecule has 0 bridgehead atoms. The van der Waals surface area contributed by atoms with Crippen molar-refractivity contribution in [1.29, 1.82) is 0 Å². The summed E-state index contributed by atoms with van der Waals surface area (Å²) in [5.41, 5.74) is 4.43. The van der Waals surface area contributed by atoms with Crippen LogP contribution in [0.3, 0.4) is 0 Å². The number of aliphatic carboxylic acids is 2. The molecule has 0 heterocycles. The molecular weight excluding hydrogens is 496 g/mol. The Morgan fingerprint density at radius 2 is 1.66 bits per heavy atom. The molecule has 0 aliphatic heterocycles. The minimum absolute atomic E-state index is 0.0427. The minimum Gasteiger partial charge on any atom is -0.481 e. The van der Waals surface area contributed by atoms with E-state index in [9.17, 15) is 14.7 Å². The van der Waals surface area contributed by atoms with E-state index in [2.05, 4.69) is 37.3 Å². The molecule has 2 atom stereocenters. The molecule has 0 fully saturated rings. The Morgan fingerprint density at radius 1 is 0.921 bits per heavy atom. The SMILES string of the molecule is CCCCCCCc1ccc(C/C=C\[C@@H](SCc2cccc(/C=C/C(=O)O)c2)[C@@H](O)CCCC(=O)O)cc1. The quantitative estimate of drug-likeness (QED) is 0.0986. The molecule has 0 saturated carbocycles. The highest BCUT2D eigenvalue weighted by Crippen LogP contribution is 2.25. The van der Waals surface area contributed by atoms with Gasteiger partial charge in [0.2, 0.25) is 0 Å². The summed E-state index contributed by atoms with van der Waals surface area (Å²) in [5.74, 6) is -1.20. The normalized spacial score (nSPS) is 13.2. The second-order valence-corrected chi connectivity index (χ2v) is 10.8. The monoisotopic (exact) mass is 538 g/mol. The Hall–Kier alpha value is -2.83. The number of aliphatic hydroxyl groups is 1. The molecule has 0 aromatic heterocycles. The number of hydrogen-bond acceptors (Lipinski definition) is 4. The van der Waals surface area contributed by atoms with Crippen molar-refractivity contribution in [2.24, 2.45) is 0 Å². The molecule has 0 aliphatic rings. The molecule has 0 unspecified atom stereocenters. The van der Waals surface area contributed by atoms with Crippen LogP contribution in [0, 0.1) is 0 Å². The summed E-state index contributed by atoms with van der Waals surface area (Å²) in [6.45, 7) is 2.23. The van der Waals surface area contributed by atoms with Crippen LogP contribution >= 0.6 is 11.8 Å². The second kappa shape index (κ2) is 18.4. The molecule has 2 rings (SSSR count). The first-order valence-corrected chi connectivity index (χ1v) is 14.7. The number of carbonyl (C=O) groups is 2. The highest BCUT2D eigenvalue weighted by molar-refractivity contribution is 7.99. The number of carboxylic acid groups (broad SMARTS) is 2. The zero-order valence-electron chi connectivity index (χ0n) is 22.4. The van der Waals surface area contributed by atoms with Crippen LogP contribution in [0.5, 0.6) is 0 Å². The Kier molecular flexibility index (Phi) is 15.2. The van der Waals surface area contributed by atoms with E-state index in [0.717, 1.165) is 30.0 Å². The summed E-state index contributed by atoms with van der Waals surface area (Å²) in [6, 6.07) is 16.4. The van der Waals surface area contributed by atoms with E-state index < -0.39 is 18.0 Å². The van der Waals surface area contributed by atoms with Gasteiger partial charge in [0.1, 0.15) is 0 Å². The average Bonchev–Trinajstić information content (AvgIpc) is 2.90. The van der Waals surface area contributed by atoms with Crippen LogP contribution in [0.25, 0.3) is 6.08 Å². The van der Waals surface area contributed by atoms with E-state index in [-0.39, 0.29) is 11.7 Å². The largest absolute Gasteiger partial charge is 0.481 e. The first-order valence-electron chi connectivity index (χ1n) is 13.6. The fraction of sp³-hybridized carbons (Fsp3) is 0.438. The van der Waals surface area contributed by atoms with Crippen molar-refractivity contribution in [1.82, 2.24) is 0 Å². The summed E-state index contributed by atoms with van der Waals surface area (Å²) in [5, 5.41) is 28.5. The van der Waals surface area contributed by atoms with Crippen LogP contribution in [0.2, 0.25) is 0 Å². The van der Waals surface area contributed by atoms with Gasteiger partial charge in [0.25, 0.3) is 0 Å². The number of unbranched alkanes of at least 4 members (excludes halogenated alkanes) is 4. The van der Waals surface area contributed by atoms with Gasteiger partial charge >= 0.3 is 11.9 Å². The lowest BCUT2D eigenvalue weighted by Crippen LogP contribution is -2.21. The van der Waals surface area contributed by atoms with Crippen LogP contribution in [-0.4, -0.2) is 38.6 Å². The molecule has 6 heteroatoms. The van der Waals surface area contributed by atoms with E-state index in [0.29, 0.717) is 18.6 Å². The summed E-state index contributed by atoms with van der Waals surface area (Å²) in [4.78, 5) is 21.7. The standard InChI is InChI=1S/C32H42O5S/c1-2-3-4-5-6-10-25-17-19-26(20-18-25)11-8-15-30(29(33)14-9-16-31(34)35)38-24-28-13-7-12-27(23-28)21-22-32(36)37/h7-8,12-13,15,17-23,29-30,33H,2-6,9-11,14,16,24H2,1H3,(H,34,35)(H,36,37)/b15-8-,22-21+/t29-,30+/m0/s1. The van der Waals surface area contributed by atoms with Crippen molar-refractivity contribution in [2.45, 2.75) is 88.2 Å². The van der Waals surface area contributed by atoms with E-state index in [1.165, 1.54) is 43.2 Å². The summed E-state index contributed by atoms with van der Waals surface area (Å²) in [7, 11) is 0. The van der Waals surface area contributed by atoms with Gasteiger partial charge in [-0.3, -0.25) is 4.79 Å². The van der Waals surface area contributed by atoms with Crippen molar-refractivity contribution in [3.8, 4) is 0 Å². The van der Waals surface area contributed by atoms with Gasteiger partial charge in [-0.25, -0.2) is 4.79 Å². The van der Waals surface area contributed by atoms with Gasteiger partial charge in [-0.1, -0.05) is 93.3 Å². The minimum atomic E-state index is -0.989. The predicted octanol–water partition coefficient (Wildman–Crippen LogP) is 7.31. The Morgan fingerprint density at radius 3 is 2.37 bits per heavy atom. The van der Waals surface area contributed by atoms with Crippen LogP contribution < -0.4 is 0 Å². The highest BCUT2D eigenvalue weighted by atomic mass is 32.2. The molecule has 38 heavy (non-hydrogen) atoms. The Balaban J connectivity index is 1.96. The van der Waals surface area contributed by atoms with Crippen molar-refractivity contribution in [3.05, 3.63) is 89.0 Å². The molecule has 0 radical (unpaired) electrons. The van der Waals surface area contributed by atoms with Gasteiger partial charge in [-0.05, 0) is 60.4 Å². The van der Waals surface area contributed by atoms with Gasteiger partial charge in [0.05, 0.1) is 6.10 Å². The van der Waals surface area contributed by atoms with Crippen LogP contribution in [-0.2, 0) is 28.2 Å². The van der Waals surface area contributed by atoms with Crippen molar-refractivity contribution in [2.75, 3.05) is 0 Å². The molecule has 0 aliphatic carbocycles. The predicted molar refractivity (Wildman–Crippen MR) is 157 cm³/mol. The fourth-order valence-electron chi connectivity index (χ4n) is 4.18. The van der Waals surface area contributed by atoms with Gasteiger partial charge in [0, 0.05) is 23.5 Å². The number of thioether (sulfide) groups is 1. The van der Waals surface area contributed by atoms with E-state index in [4.69, 9.17) is 10.2 Å². The number of aryl methyl sites for hydroxylation is 1. The molecule has 0 amide bonds. The molecule has 2 aromatic rings. The lowest BCUT2D eigenvalue weighted by atomic mass is 10.0. The molecule has 2 aromatic carbocycles. The maximum Gasteiger partial charge on any atom is 0.328 e. The molecular formula is C32H42O5S. The van der Waals surface area contributed by atoms with E-state index in [1.807, 2.05) is 30.3 Å². The number of rotatable bonds is 19. The van der Waals surface area contributed by atoms with Gasteiger partial charge < -0.3 is 15.3 Å². The summed E-state index contributed by atoms with van der Waals surface area (Å²) < 4.78 is 0. The first kappa shape index (κ1) is 31.4. The van der Waals surface area contributed by atoms with E-state index in [1.54, 1.807) is 17.8 Å². The Labute approximate surface area is 231 Å². The van der Waals surface area contributed by atoms with Gasteiger partial charge in [0.15, 0.2) is 0 Å². The van der Waals surface area contributed by atoms with Crippen LogP contribution in [0.15, 0.2) is 66.8 Å². The lowest BCUT2D eigenvalue weighted by Gasteiger charge is -2.20. The van der Waals surface area contributed by atoms with E-state index >= 15 is 0 Å². The zero-order chi connectivity index (χ0) is 27.6. The fourth-order valence-corrected chi connectivity index (χ4v) is 5.33. The number of hydrogen-bond donors (Lipinski definition) is 3. The van der Waals surface area contributed by atoms with Crippen molar-refractivity contribution < 1.29 is 24.9 Å². The summed E-state index contributed by atoms with van der Waals surface area (Å²) >= 11 is 1.60. The molecule has 0 spiro atoms. The number of aliphatic hydroxyl groups excluding tert-OH is 1. The number of carboxylic acids is 2. The topological polar surface area (TPSA) is 94.8 Å². The lowest BCUT2D eigenvalue weighted by molar-refractivity contribution is -0.137. The third-order valence-corrected chi connectivity index (χ3v) is 7.71. The van der Waals surface area contributed by atoms with Gasteiger partial charge in [-0.2, -0.15) is 0 Å². The molecule has 206 valence electrons. The average molecular weight is 539 g/mol. The van der Waals surface area contributed by atoms with Crippen LogP contribution in [0.1, 0.15) is 80.5 Å². The zero-order valence-corrected chi connectivity index (χ0v) is 23.2. The second-order valence-electron chi connectivity index (χ2n) is 9.66. The molecule has 0 saturated heterocycles. The maximum atomic E-state index is 10.9. The number of benzene rings is 2. The van der Waals surface area contributed by atoms with Crippen molar-refractivity contribution in [3.63, 3.8) is 0 Å². The highest BCUT2D eigenvalue weighted by Gasteiger charge is 2.17. The third-order valence-electron chi connectivity index (χ3n) is 6.35. The van der Waals surface area contributed by atoms with Gasteiger partial charge in [-0.15, -0.1) is 11.8 Å². The summed E-state index contributed by atoms with van der Waals surface area (Å²) in [6.07, 6.45) is 15.3. The third kappa shape index (κ3) is 13.6. The number of allylic oxidation sites excluding steroid dienone is 1. The first-order chi connectivity index (χ1) is 18.4. The molecule has 3 N–H and O–H groups in total. The molecule has 5 nitrogen and oxygen atoms in total. The maximum absolute atomic E-state index is 10.9. The Bertz CT molecular complexity index is 1030. The van der Waals surface area contributed by atoms with Crippen LogP contribution in [0.4, 0.5) is 0 Å². The smallest absolute Gasteiger partial charge is 0.328 e.